The zero-order valence-electron chi connectivity index (χ0n) is 11.0. The van der Waals surface area contributed by atoms with Crippen molar-refractivity contribution in [2.45, 2.75) is 70.4 Å². The van der Waals surface area contributed by atoms with Gasteiger partial charge in [0.2, 0.25) is 0 Å². The molecule has 0 spiro atoms. The number of alkyl carbamates (subject to hydrolysis) is 1. The summed E-state index contributed by atoms with van der Waals surface area (Å²) in [5.41, 5.74) is -0.697. The summed E-state index contributed by atoms with van der Waals surface area (Å²) in [5.74, 6) is 0. The molecule has 98 valence electrons. The minimum atomic E-state index is -0.478. The molecule has 0 aromatic heterocycles. The highest BCUT2D eigenvalue weighted by atomic mass is 16.6. The van der Waals surface area contributed by atoms with Crippen molar-refractivity contribution < 1.29 is 14.3 Å². The number of nitrogens with one attached hydrogen (secondary N) is 1. The van der Waals surface area contributed by atoms with Gasteiger partial charge < -0.3 is 14.8 Å². The van der Waals surface area contributed by atoms with Gasteiger partial charge in [0.1, 0.15) is 11.9 Å². The van der Waals surface area contributed by atoms with Crippen LogP contribution in [-0.4, -0.2) is 23.5 Å². The van der Waals surface area contributed by atoms with E-state index < -0.39 is 5.60 Å². The average molecular weight is 241 g/mol. The Bertz CT molecular complexity index is 275. The lowest BCUT2D eigenvalue weighted by Gasteiger charge is -2.31. The minimum absolute atomic E-state index is 0.219. The van der Waals surface area contributed by atoms with Crippen molar-refractivity contribution in [2.75, 3.05) is 0 Å². The van der Waals surface area contributed by atoms with Crippen LogP contribution in [0.1, 0.15) is 59.3 Å². The topological polar surface area (TPSA) is 55.4 Å². The van der Waals surface area contributed by atoms with Crippen molar-refractivity contribution in [3.8, 4) is 0 Å². The minimum Gasteiger partial charge on any atom is -0.444 e. The lowest BCUT2D eigenvalue weighted by Crippen LogP contribution is -2.48. The Balaban J connectivity index is 2.54. The second kappa shape index (κ2) is 5.52. The van der Waals surface area contributed by atoms with E-state index in [1.54, 1.807) is 0 Å². The van der Waals surface area contributed by atoms with E-state index in [2.05, 4.69) is 5.32 Å². The Labute approximate surface area is 103 Å². The van der Waals surface area contributed by atoms with Crippen LogP contribution in [0.15, 0.2) is 0 Å². The first kappa shape index (κ1) is 14.0. The van der Waals surface area contributed by atoms with Crippen LogP contribution >= 0.6 is 0 Å². The fourth-order valence-electron chi connectivity index (χ4n) is 2.34. The molecule has 1 aliphatic carbocycles. The van der Waals surface area contributed by atoms with Gasteiger partial charge in [-0.1, -0.05) is 12.8 Å². The first-order valence-electron chi connectivity index (χ1n) is 6.32. The molecular weight excluding hydrogens is 218 g/mol. The third-order valence-electron chi connectivity index (χ3n) is 3.07. The lowest BCUT2D eigenvalue weighted by atomic mass is 9.92. The molecule has 0 bridgehead atoms. The molecule has 4 heteroatoms. The highest BCUT2D eigenvalue weighted by Gasteiger charge is 2.35. The van der Waals surface area contributed by atoms with E-state index in [1.807, 2.05) is 20.8 Å². The van der Waals surface area contributed by atoms with Crippen molar-refractivity contribution in [3.63, 3.8) is 0 Å². The first-order valence-corrected chi connectivity index (χ1v) is 6.32. The first-order chi connectivity index (χ1) is 7.87. The van der Waals surface area contributed by atoms with E-state index >= 15 is 0 Å². The molecule has 1 rings (SSSR count). The fraction of sp³-hybridized carbons (Fsp3) is 0.846. The Morgan fingerprint density at radius 3 is 2.41 bits per heavy atom. The number of carbonyl (C=O) groups excluding carboxylic acids is 2. The molecule has 1 saturated carbocycles. The summed E-state index contributed by atoms with van der Waals surface area (Å²) in [6.45, 7) is 5.54. The van der Waals surface area contributed by atoms with Crippen molar-refractivity contribution >= 4 is 12.4 Å². The maximum atomic E-state index is 11.8. The van der Waals surface area contributed by atoms with Crippen LogP contribution in [0.3, 0.4) is 0 Å². The van der Waals surface area contributed by atoms with Crippen molar-refractivity contribution in [1.29, 1.82) is 0 Å². The highest BCUT2D eigenvalue weighted by Crippen LogP contribution is 2.33. The van der Waals surface area contributed by atoms with E-state index in [4.69, 9.17) is 4.74 Å². The van der Waals surface area contributed by atoms with Gasteiger partial charge in [0.05, 0.1) is 0 Å². The normalized spacial score (nSPS) is 18.8. The van der Waals surface area contributed by atoms with E-state index in [-0.39, 0.29) is 11.6 Å². The summed E-state index contributed by atoms with van der Waals surface area (Å²) in [6, 6.07) is 0. The van der Waals surface area contributed by atoms with Crippen LogP contribution < -0.4 is 5.32 Å². The van der Waals surface area contributed by atoms with Gasteiger partial charge in [0.25, 0.3) is 0 Å². The van der Waals surface area contributed by atoms with Crippen LogP contribution in [0.5, 0.6) is 0 Å². The second-order valence-electron chi connectivity index (χ2n) is 5.82. The second-order valence-corrected chi connectivity index (χ2v) is 5.82. The van der Waals surface area contributed by atoms with E-state index in [0.29, 0.717) is 6.42 Å². The Hall–Kier alpha value is -1.06. The number of hydrogen-bond donors (Lipinski definition) is 1. The Morgan fingerprint density at radius 1 is 1.35 bits per heavy atom. The molecule has 1 fully saturated rings. The SMILES string of the molecule is CC(C)(C)OC(=O)NC1(CCC=O)CCCC1. The number of amides is 1. The number of ether oxygens (including phenoxy) is 1. The summed E-state index contributed by atoms with van der Waals surface area (Å²) in [5, 5.41) is 2.96. The largest absolute Gasteiger partial charge is 0.444 e. The van der Waals surface area contributed by atoms with E-state index in [0.717, 1.165) is 38.4 Å². The Morgan fingerprint density at radius 2 is 1.94 bits per heavy atom. The van der Waals surface area contributed by atoms with Gasteiger partial charge in [-0.2, -0.15) is 0 Å². The van der Waals surface area contributed by atoms with Gasteiger partial charge in [-0.3, -0.25) is 0 Å². The molecule has 0 aromatic rings. The molecule has 0 aromatic carbocycles. The zero-order chi connectivity index (χ0) is 12.9. The molecule has 4 nitrogen and oxygen atoms in total. The molecule has 1 amide bonds. The van der Waals surface area contributed by atoms with Crippen molar-refractivity contribution in [3.05, 3.63) is 0 Å². The van der Waals surface area contributed by atoms with Gasteiger partial charge in [-0.25, -0.2) is 4.79 Å². The molecule has 0 aliphatic heterocycles. The van der Waals surface area contributed by atoms with E-state index in [9.17, 15) is 9.59 Å². The van der Waals surface area contributed by atoms with Gasteiger partial charge in [-0.15, -0.1) is 0 Å². The van der Waals surface area contributed by atoms with Crippen LogP contribution in [0, 0.1) is 0 Å². The number of aldehydes is 1. The molecule has 1 N–H and O–H groups in total. The standard InChI is InChI=1S/C13H23NO3/c1-12(2,3)17-11(16)14-13(9-6-10-15)7-4-5-8-13/h10H,4-9H2,1-3H3,(H,14,16). The monoisotopic (exact) mass is 241 g/mol. The van der Waals surface area contributed by atoms with Gasteiger partial charge in [0.15, 0.2) is 0 Å². The summed E-state index contributed by atoms with van der Waals surface area (Å²) >= 11 is 0. The van der Waals surface area contributed by atoms with Crippen molar-refractivity contribution in [2.24, 2.45) is 0 Å². The predicted octanol–water partition coefficient (Wildman–Crippen LogP) is 2.80. The van der Waals surface area contributed by atoms with Crippen molar-refractivity contribution in [1.82, 2.24) is 5.32 Å². The van der Waals surface area contributed by atoms with Gasteiger partial charge in [0, 0.05) is 12.0 Å². The highest BCUT2D eigenvalue weighted by molar-refractivity contribution is 5.69. The average Bonchev–Trinajstić information content (AvgIpc) is 2.60. The summed E-state index contributed by atoms with van der Waals surface area (Å²) in [7, 11) is 0. The molecule has 0 heterocycles. The summed E-state index contributed by atoms with van der Waals surface area (Å²) in [4.78, 5) is 22.2. The molecule has 0 radical (unpaired) electrons. The number of hydrogen-bond acceptors (Lipinski definition) is 3. The number of carbonyl (C=O) groups is 2. The molecular formula is C13H23NO3. The van der Waals surface area contributed by atoms with Crippen LogP contribution in [0.25, 0.3) is 0 Å². The van der Waals surface area contributed by atoms with Crippen LogP contribution in [0.4, 0.5) is 4.79 Å². The predicted molar refractivity (Wildman–Crippen MR) is 65.9 cm³/mol. The number of rotatable bonds is 4. The molecule has 1 aliphatic rings. The maximum Gasteiger partial charge on any atom is 0.408 e. The zero-order valence-corrected chi connectivity index (χ0v) is 11.0. The van der Waals surface area contributed by atoms with E-state index in [1.165, 1.54) is 0 Å². The van der Waals surface area contributed by atoms with Gasteiger partial charge in [-0.05, 0) is 40.0 Å². The van der Waals surface area contributed by atoms with Gasteiger partial charge >= 0.3 is 6.09 Å². The summed E-state index contributed by atoms with van der Waals surface area (Å²) < 4.78 is 5.27. The third-order valence-corrected chi connectivity index (χ3v) is 3.07. The van der Waals surface area contributed by atoms with Crippen LogP contribution in [-0.2, 0) is 9.53 Å². The Kier molecular flexibility index (Phi) is 4.54. The molecule has 0 atom stereocenters. The molecule has 0 unspecified atom stereocenters. The smallest absolute Gasteiger partial charge is 0.408 e. The fourth-order valence-corrected chi connectivity index (χ4v) is 2.34. The third kappa shape index (κ3) is 4.75. The quantitative estimate of drug-likeness (QED) is 0.770. The summed E-state index contributed by atoms with van der Waals surface area (Å²) in [6.07, 6.45) is 5.86. The molecule has 0 saturated heterocycles. The molecule has 17 heavy (non-hydrogen) atoms. The maximum absolute atomic E-state index is 11.8. The van der Waals surface area contributed by atoms with Crippen LogP contribution in [0.2, 0.25) is 0 Å². The lowest BCUT2D eigenvalue weighted by molar-refractivity contribution is -0.108.